The number of aldehydes is 1. The summed E-state index contributed by atoms with van der Waals surface area (Å²) in [7, 11) is 0. The highest BCUT2D eigenvalue weighted by molar-refractivity contribution is 5.79. The lowest BCUT2D eigenvalue weighted by Gasteiger charge is -2.12. The van der Waals surface area contributed by atoms with Crippen molar-refractivity contribution in [2.24, 2.45) is 0 Å². The monoisotopic (exact) mass is 271 g/mol. The van der Waals surface area contributed by atoms with Gasteiger partial charge in [0.1, 0.15) is 17.3 Å². The molecule has 4 heteroatoms. The van der Waals surface area contributed by atoms with E-state index in [1.54, 1.807) is 19.9 Å². The third kappa shape index (κ3) is 3.92. The molecule has 0 bridgehead atoms. The van der Waals surface area contributed by atoms with Gasteiger partial charge in [-0.15, -0.1) is 0 Å². The van der Waals surface area contributed by atoms with E-state index in [4.69, 9.17) is 10.00 Å². The van der Waals surface area contributed by atoms with Crippen LogP contribution in [0.15, 0.2) is 53.8 Å². The standard InChI is InChI=1S/C16H14FNO2/c1-4-13(10-19)16(7-11(2)9-18)20-15-6-5-14(17)8-12(15)3/h4-8,10H,2H2,1,3H3/b13-4-,16-7+. The molecule has 3 nitrogen and oxygen atoms in total. The van der Waals surface area contributed by atoms with Gasteiger partial charge in [0.15, 0.2) is 6.29 Å². The molecule has 0 N–H and O–H groups in total. The number of halogens is 1. The van der Waals surface area contributed by atoms with Crippen LogP contribution in [0.5, 0.6) is 5.75 Å². The zero-order valence-electron chi connectivity index (χ0n) is 11.3. The van der Waals surface area contributed by atoms with E-state index in [2.05, 4.69) is 6.58 Å². The van der Waals surface area contributed by atoms with Gasteiger partial charge in [0.2, 0.25) is 0 Å². The molecular formula is C16H14FNO2. The predicted octanol–water partition coefficient (Wildman–Crippen LogP) is 3.62. The molecule has 0 unspecified atom stereocenters. The Morgan fingerprint density at radius 1 is 1.50 bits per heavy atom. The lowest BCUT2D eigenvalue weighted by Crippen LogP contribution is -2.02. The molecule has 1 rings (SSSR count). The zero-order chi connectivity index (χ0) is 15.1. The van der Waals surface area contributed by atoms with E-state index in [-0.39, 0.29) is 22.7 Å². The minimum Gasteiger partial charge on any atom is -0.456 e. The molecule has 0 atom stereocenters. The van der Waals surface area contributed by atoms with Crippen molar-refractivity contribution in [1.82, 2.24) is 0 Å². The normalized spacial score (nSPS) is 11.7. The van der Waals surface area contributed by atoms with Crippen LogP contribution in [0.2, 0.25) is 0 Å². The molecule has 0 fully saturated rings. The molecule has 0 aromatic heterocycles. The minimum atomic E-state index is -0.372. The van der Waals surface area contributed by atoms with E-state index >= 15 is 0 Å². The second kappa shape index (κ2) is 7.05. The molecule has 0 saturated heterocycles. The smallest absolute Gasteiger partial charge is 0.153 e. The van der Waals surface area contributed by atoms with Gasteiger partial charge >= 0.3 is 0 Å². The second-order valence-corrected chi connectivity index (χ2v) is 4.02. The van der Waals surface area contributed by atoms with Crippen LogP contribution < -0.4 is 4.74 Å². The first-order valence-electron chi connectivity index (χ1n) is 5.88. The van der Waals surface area contributed by atoms with Crippen LogP contribution in [0.3, 0.4) is 0 Å². The van der Waals surface area contributed by atoms with Crippen LogP contribution in [-0.2, 0) is 4.79 Å². The highest BCUT2D eigenvalue weighted by Gasteiger charge is 2.10. The summed E-state index contributed by atoms with van der Waals surface area (Å²) in [6.45, 7) is 6.88. The van der Waals surface area contributed by atoms with Crippen molar-refractivity contribution in [3.63, 3.8) is 0 Å². The number of aryl methyl sites for hydroxylation is 1. The summed E-state index contributed by atoms with van der Waals surface area (Å²) >= 11 is 0. The molecule has 0 saturated carbocycles. The number of rotatable bonds is 5. The topological polar surface area (TPSA) is 50.1 Å². The maximum Gasteiger partial charge on any atom is 0.153 e. The summed E-state index contributed by atoms with van der Waals surface area (Å²) < 4.78 is 18.6. The fourth-order valence-electron chi connectivity index (χ4n) is 1.48. The van der Waals surface area contributed by atoms with Crippen LogP contribution in [-0.4, -0.2) is 6.29 Å². The van der Waals surface area contributed by atoms with E-state index in [0.717, 1.165) is 0 Å². The molecule has 1 aromatic carbocycles. The Balaban J connectivity index is 3.20. The Bertz CT molecular complexity index is 636. The van der Waals surface area contributed by atoms with Gasteiger partial charge in [-0.25, -0.2) is 4.39 Å². The van der Waals surface area contributed by atoms with E-state index < -0.39 is 0 Å². The number of hydrogen-bond donors (Lipinski definition) is 0. The van der Waals surface area contributed by atoms with E-state index in [1.807, 2.05) is 6.07 Å². The molecule has 0 aliphatic heterocycles. The van der Waals surface area contributed by atoms with Crippen LogP contribution in [0.25, 0.3) is 0 Å². The lowest BCUT2D eigenvalue weighted by atomic mass is 10.1. The number of hydrogen-bond acceptors (Lipinski definition) is 3. The summed E-state index contributed by atoms with van der Waals surface area (Å²) in [6.07, 6.45) is 3.55. The van der Waals surface area contributed by atoms with E-state index in [0.29, 0.717) is 17.6 Å². The van der Waals surface area contributed by atoms with Gasteiger partial charge < -0.3 is 4.74 Å². The maximum absolute atomic E-state index is 13.0. The number of nitrogens with zero attached hydrogens (tertiary/aromatic N) is 1. The average Bonchev–Trinajstić information content (AvgIpc) is 2.42. The highest BCUT2D eigenvalue weighted by Crippen LogP contribution is 2.23. The van der Waals surface area contributed by atoms with Crippen molar-refractivity contribution in [3.8, 4) is 11.8 Å². The third-order valence-corrected chi connectivity index (χ3v) is 2.53. The number of nitriles is 1. The third-order valence-electron chi connectivity index (χ3n) is 2.53. The van der Waals surface area contributed by atoms with Crippen molar-refractivity contribution in [3.05, 3.63) is 65.2 Å². The van der Waals surface area contributed by atoms with Crippen molar-refractivity contribution < 1.29 is 13.9 Å². The predicted molar refractivity (Wildman–Crippen MR) is 74.4 cm³/mol. The highest BCUT2D eigenvalue weighted by atomic mass is 19.1. The molecular weight excluding hydrogens is 257 g/mol. The molecule has 1 aromatic rings. The van der Waals surface area contributed by atoms with Gasteiger partial charge in [0.25, 0.3) is 0 Å². The zero-order valence-corrected chi connectivity index (χ0v) is 11.3. The van der Waals surface area contributed by atoms with Crippen molar-refractivity contribution >= 4 is 6.29 Å². The van der Waals surface area contributed by atoms with Gasteiger partial charge in [-0.2, -0.15) is 5.26 Å². The first kappa shape index (κ1) is 15.4. The van der Waals surface area contributed by atoms with Crippen molar-refractivity contribution in [1.29, 1.82) is 5.26 Å². The second-order valence-electron chi connectivity index (χ2n) is 4.02. The Hall–Kier alpha value is -2.67. The fraction of sp³-hybridized carbons (Fsp3) is 0.125. The van der Waals surface area contributed by atoms with Crippen molar-refractivity contribution in [2.45, 2.75) is 13.8 Å². The Labute approximate surface area is 117 Å². The van der Waals surface area contributed by atoms with Crippen LogP contribution in [0.4, 0.5) is 4.39 Å². The van der Waals surface area contributed by atoms with Gasteiger partial charge in [0, 0.05) is 5.57 Å². The summed E-state index contributed by atoms with van der Waals surface area (Å²) in [5.41, 5.74) is 1.02. The van der Waals surface area contributed by atoms with E-state index in [9.17, 15) is 9.18 Å². The van der Waals surface area contributed by atoms with Gasteiger partial charge in [-0.1, -0.05) is 12.7 Å². The van der Waals surface area contributed by atoms with Gasteiger partial charge in [-0.05, 0) is 43.7 Å². The number of carbonyl (C=O) groups excluding carboxylic acids is 1. The van der Waals surface area contributed by atoms with Crippen LogP contribution >= 0.6 is 0 Å². The average molecular weight is 271 g/mol. The molecule has 0 spiro atoms. The summed E-state index contributed by atoms with van der Waals surface area (Å²) in [5.74, 6) is 0.233. The number of carbonyl (C=O) groups is 1. The summed E-state index contributed by atoms with van der Waals surface area (Å²) in [4.78, 5) is 11.0. The minimum absolute atomic E-state index is 0.154. The first-order valence-corrected chi connectivity index (χ1v) is 5.88. The van der Waals surface area contributed by atoms with Gasteiger partial charge in [-0.3, -0.25) is 4.79 Å². The number of benzene rings is 1. The quantitative estimate of drug-likeness (QED) is 0.270. The molecule has 20 heavy (non-hydrogen) atoms. The largest absolute Gasteiger partial charge is 0.456 e. The Morgan fingerprint density at radius 2 is 2.20 bits per heavy atom. The number of allylic oxidation sites excluding steroid dienone is 4. The number of ether oxygens (including phenoxy) is 1. The Kier molecular flexibility index (Phi) is 5.42. The molecule has 0 heterocycles. The molecule has 102 valence electrons. The summed E-state index contributed by atoms with van der Waals surface area (Å²) in [6, 6.07) is 5.90. The van der Waals surface area contributed by atoms with Crippen molar-refractivity contribution in [2.75, 3.05) is 0 Å². The van der Waals surface area contributed by atoms with E-state index in [1.165, 1.54) is 24.3 Å². The molecule has 0 aliphatic carbocycles. The first-order chi connectivity index (χ1) is 9.51. The molecule has 0 aliphatic rings. The fourth-order valence-corrected chi connectivity index (χ4v) is 1.48. The molecule has 0 amide bonds. The SMILES string of the molecule is C=C(C#N)/C=C(Oc1ccc(F)cc1C)\C(C=O)=C/C. The molecule has 0 radical (unpaired) electrons. The van der Waals surface area contributed by atoms with Gasteiger partial charge in [0.05, 0.1) is 11.6 Å². The van der Waals surface area contributed by atoms with Crippen LogP contribution in [0, 0.1) is 24.1 Å². The Morgan fingerprint density at radius 3 is 2.70 bits per heavy atom. The summed E-state index contributed by atoms with van der Waals surface area (Å²) in [5, 5.41) is 8.76. The van der Waals surface area contributed by atoms with Crippen LogP contribution in [0.1, 0.15) is 12.5 Å². The maximum atomic E-state index is 13.0. The lowest BCUT2D eigenvalue weighted by molar-refractivity contribution is -0.104.